The molecule has 0 aromatic heterocycles. The normalized spacial score (nSPS) is 12.3. The zero-order valence-electron chi connectivity index (χ0n) is 31.1. The number of ether oxygens (including phenoxy) is 1. The maximum absolute atomic E-state index is 7.11. The molecule has 0 N–H and O–H groups in total. The van der Waals surface area contributed by atoms with Crippen LogP contribution in [0.25, 0.3) is 10.8 Å². The zero-order chi connectivity index (χ0) is 37.7. The average Bonchev–Trinajstić information content (AvgIpc) is 3.28. The molecule has 9 aromatic rings. The highest BCUT2D eigenvalue weighted by molar-refractivity contribution is 7.00. The molecule has 0 saturated carbocycles. The smallest absolute Gasteiger partial charge is 0.257 e. The second-order valence-electron chi connectivity index (χ2n) is 14.5. The summed E-state index contributed by atoms with van der Waals surface area (Å²) in [7, 11) is 0. The van der Waals surface area contributed by atoms with Crippen molar-refractivity contribution < 1.29 is 4.74 Å². The highest BCUT2D eigenvalue weighted by atomic mass is 16.5. The number of hydrogen-bond donors (Lipinski definition) is 0. The second-order valence-corrected chi connectivity index (χ2v) is 14.5. The fraction of sp³-hybridized carbons (Fsp3) is 0. The summed E-state index contributed by atoms with van der Waals surface area (Å²) in [5.41, 5.74) is 13.5. The number of anilines is 9. The minimum absolute atomic E-state index is 0.0771. The molecule has 2 aliphatic rings. The number of fused-ring (bicyclic) bond motifs is 6. The lowest BCUT2D eigenvalue weighted by atomic mass is 9.33. The van der Waals surface area contributed by atoms with Gasteiger partial charge in [-0.25, -0.2) is 0 Å². The van der Waals surface area contributed by atoms with Gasteiger partial charge in [0.2, 0.25) is 0 Å². The van der Waals surface area contributed by atoms with Gasteiger partial charge in [-0.3, -0.25) is 0 Å². The highest BCUT2D eigenvalue weighted by Gasteiger charge is 2.43. The molecule has 0 unspecified atom stereocenters. The van der Waals surface area contributed by atoms with Crippen molar-refractivity contribution in [2.45, 2.75) is 0 Å². The zero-order valence-corrected chi connectivity index (χ0v) is 31.1. The average molecular weight is 730 g/mol. The molecule has 4 nitrogen and oxygen atoms in total. The molecule has 57 heavy (non-hydrogen) atoms. The van der Waals surface area contributed by atoms with E-state index in [1.165, 1.54) is 21.8 Å². The maximum Gasteiger partial charge on any atom is 0.257 e. The van der Waals surface area contributed by atoms with Crippen LogP contribution in [0.5, 0.6) is 11.5 Å². The first-order valence-corrected chi connectivity index (χ1v) is 19.5. The molecular weight excluding hydrogens is 693 g/mol. The van der Waals surface area contributed by atoms with Crippen molar-refractivity contribution in [2.75, 3.05) is 14.7 Å². The number of para-hydroxylation sites is 5. The summed E-state index contributed by atoms with van der Waals surface area (Å²) in [5, 5.41) is 2.34. The Morgan fingerprint density at radius 3 is 1.49 bits per heavy atom. The quantitative estimate of drug-likeness (QED) is 0.152. The molecule has 0 amide bonds. The first-order chi connectivity index (χ1) is 28.3. The Balaban J connectivity index is 1.17. The molecule has 2 aliphatic heterocycles. The van der Waals surface area contributed by atoms with E-state index in [0.717, 1.165) is 68.1 Å². The molecule has 0 atom stereocenters. The fourth-order valence-corrected chi connectivity index (χ4v) is 8.88. The van der Waals surface area contributed by atoms with E-state index in [0.29, 0.717) is 0 Å². The fourth-order valence-electron chi connectivity index (χ4n) is 8.88. The van der Waals surface area contributed by atoms with Gasteiger partial charge in [0.25, 0.3) is 6.71 Å². The molecule has 0 fully saturated rings. The van der Waals surface area contributed by atoms with Crippen LogP contribution in [0, 0.1) is 0 Å². The van der Waals surface area contributed by atoms with E-state index in [1.807, 2.05) is 0 Å². The predicted octanol–water partition coefficient (Wildman–Crippen LogP) is 12.2. The van der Waals surface area contributed by atoms with Crippen LogP contribution in [0.2, 0.25) is 0 Å². The standard InChI is InChI=1S/C52H36BN3O/c1-6-19-37(20-7-1)54(38-21-8-2-9-22-38)42-33-34-45-48(35-42)56(41-27-14-5-15-28-41)46-31-18-32-49-52(46)53(45)51-44-30-17-16-29-43(44)47(36-50(51)57-49)55(39-23-10-3-11-24-39)40-25-12-4-13-26-40/h1-36H. The predicted molar refractivity (Wildman–Crippen MR) is 239 cm³/mol. The van der Waals surface area contributed by atoms with Crippen LogP contribution in [0.1, 0.15) is 0 Å². The van der Waals surface area contributed by atoms with Crippen molar-refractivity contribution in [2.24, 2.45) is 0 Å². The minimum atomic E-state index is -0.0771. The van der Waals surface area contributed by atoms with E-state index in [-0.39, 0.29) is 6.71 Å². The van der Waals surface area contributed by atoms with Gasteiger partial charge in [-0.1, -0.05) is 127 Å². The van der Waals surface area contributed by atoms with E-state index < -0.39 is 0 Å². The second kappa shape index (κ2) is 13.7. The first kappa shape index (κ1) is 32.9. The van der Waals surface area contributed by atoms with Gasteiger partial charge in [0.05, 0.1) is 5.69 Å². The highest BCUT2D eigenvalue weighted by Crippen LogP contribution is 2.46. The van der Waals surface area contributed by atoms with Crippen molar-refractivity contribution in [3.8, 4) is 11.5 Å². The number of benzene rings is 9. The maximum atomic E-state index is 7.11. The van der Waals surface area contributed by atoms with Crippen LogP contribution >= 0.6 is 0 Å². The Morgan fingerprint density at radius 1 is 0.368 bits per heavy atom. The topological polar surface area (TPSA) is 19.0 Å². The van der Waals surface area contributed by atoms with E-state index in [9.17, 15) is 0 Å². The van der Waals surface area contributed by atoms with Crippen LogP contribution in [-0.4, -0.2) is 6.71 Å². The lowest BCUT2D eigenvalue weighted by Gasteiger charge is -2.41. The first-order valence-electron chi connectivity index (χ1n) is 19.5. The number of rotatable bonds is 7. The van der Waals surface area contributed by atoms with Crippen molar-refractivity contribution >= 4 is 85.1 Å². The number of nitrogens with zero attached hydrogens (tertiary/aromatic N) is 3. The largest absolute Gasteiger partial charge is 0.458 e. The van der Waals surface area contributed by atoms with Crippen molar-refractivity contribution in [3.05, 3.63) is 218 Å². The summed E-state index contributed by atoms with van der Waals surface area (Å²) in [6, 6.07) is 77.8. The van der Waals surface area contributed by atoms with Gasteiger partial charge in [-0.2, -0.15) is 0 Å². The molecule has 0 bridgehead atoms. The molecule has 5 heteroatoms. The van der Waals surface area contributed by atoms with Crippen LogP contribution in [0.3, 0.4) is 0 Å². The van der Waals surface area contributed by atoms with Gasteiger partial charge in [0.15, 0.2) is 0 Å². The Hall–Kier alpha value is -7.50. The molecule has 0 saturated heterocycles. The summed E-state index contributed by atoms with van der Waals surface area (Å²) >= 11 is 0. The van der Waals surface area contributed by atoms with E-state index in [4.69, 9.17) is 4.74 Å². The summed E-state index contributed by atoms with van der Waals surface area (Å²) in [6.45, 7) is -0.0771. The molecule has 9 aromatic carbocycles. The van der Waals surface area contributed by atoms with Gasteiger partial charge >= 0.3 is 0 Å². The van der Waals surface area contributed by atoms with Crippen LogP contribution in [-0.2, 0) is 0 Å². The third kappa shape index (κ3) is 5.47. The molecular formula is C52H36BN3O. The lowest BCUT2D eigenvalue weighted by Crippen LogP contribution is -2.59. The van der Waals surface area contributed by atoms with Crippen molar-refractivity contribution in [1.82, 2.24) is 0 Å². The summed E-state index contributed by atoms with van der Waals surface area (Å²) in [4.78, 5) is 7.11. The van der Waals surface area contributed by atoms with Gasteiger partial charge in [-0.05, 0) is 107 Å². The molecule has 2 heterocycles. The van der Waals surface area contributed by atoms with Gasteiger partial charge < -0.3 is 19.4 Å². The van der Waals surface area contributed by atoms with Crippen LogP contribution < -0.4 is 35.8 Å². The van der Waals surface area contributed by atoms with Gasteiger partial charge in [0.1, 0.15) is 11.5 Å². The molecule has 11 rings (SSSR count). The SMILES string of the molecule is c1ccc(N(c2ccccc2)c2ccc3c(c2)N(c2ccccc2)c2cccc4c2B3c2c(cc(N(c3ccccc3)c3ccccc3)c3ccccc23)O4)cc1. The third-order valence-electron chi connectivity index (χ3n) is 11.2. The molecule has 268 valence electrons. The third-order valence-corrected chi connectivity index (χ3v) is 11.2. The molecule has 0 radical (unpaired) electrons. The summed E-state index contributed by atoms with van der Waals surface area (Å²) in [6.07, 6.45) is 0. The molecule has 0 aliphatic carbocycles. The van der Waals surface area contributed by atoms with E-state index in [2.05, 4.69) is 233 Å². The number of hydrogen-bond acceptors (Lipinski definition) is 4. The van der Waals surface area contributed by atoms with Crippen molar-refractivity contribution in [3.63, 3.8) is 0 Å². The summed E-state index contributed by atoms with van der Waals surface area (Å²) < 4.78 is 7.11. The summed E-state index contributed by atoms with van der Waals surface area (Å²) in [5.74, 6) is 1.75. The Kier molecular flexibility index (Phi) is 7.89. The van der Waals surface area contributed by atoms with Gasteiger partial charge in [-0.15, -0.1) is 0 Å². The van der Waals surface area contributed by atoms with Crippen LogP contribution in [0.15, 0.2) is 218 Å². The monoisotopic (exact) mass is 729 g/mol. The Morgan fingerprint density at radius 2 is 0.895 bits per heavy atom. The van der Waals surface area contributed by atoms with E-state index in [1.54, 1.807) is 0 Å². The Labute approximate surface area is 333 Å². The van der Waals surface area contributed by atoms with Crippen molar-refractivity contribution in [1.29, 1.82) is 0 Å². The molecule has 0 spiro atoms. The van der Waals surface area contributed by atoms with E-state index >= 15 is 0 Å². The minimum Gasteiger partial charge on any atom is -0.458 e. The van der Waals surface area contributed by atoms with Gasteiger partial charge in [0, 0.05) is 57.0 Å². The lowest BCUT2D eigenvalue weighted by molar-refractivity contribution is 0.488. The van der Waals surface area contributed by atoms with Crippen LogP contribution in [0.4, 0.5) is 51.2 Å². The Bertz CT molecular complexity index is 2810.